The Kier molecular flexibility index (Phi) is 15.8. The monoisotopic (exact) mass is 1200 g/mol. The molecule has 0 atom stereocenters. The minimum atomic E-state index is -2.22. The molecule has 0 saturated heterocycles. The Hall–Kier alpha value is -1.84. The Morgan fingerprint density at radius 1 is 0.435 bits per heavy atom. The fourth-order valence-electron chi connectivity index (χ4n) is 10.3. The second-order valence-corrected chi connectivity index (χ2v) is 45.4. The van der Waals surface area contributed by atoms with Gasteiger partial charge in [-0.1, -0.05) is 0 Å². The van der Waals surface area contributed by atoms with Crippen LogP contribution >= 0.6 is 0 Å². The van der Waals surface area contributed by atoms with Crippen LogP contribution in [0.1, 0.15) is 168 Å². The van der Waals surface area contributed by atoms with Crippen molar-refractivity contribution in [1.29, 1.82) is 0 Å². The number of hydrogen-bond acceptors (Lipinski definition) is 0. The normalized spacial score (nSPS) is 14.9. The molecular formula is C58H74Cl2Hf2. The molecule has 0 saturated carbocycles. The molecule has 0 bridgehead atoms. The van der Waals surface area contributed by atoms with Crippen LogP contribution in [-0.4, -0.2) is 0 Å². The van der Waals surface area contributed by atoms with E-state index in [0.29, 0.717) is 0 Å². The largest absolute Gasteiger partial charge is 1.00 e. The van der Waals surface area contributed by atoms with Crippen molar-refractivity contribution in [2.75, 3.05) is 0 Å². The third-order valence-corrected chi connectivity index (χ3v) is 37.3. The van der Waals surface area contributed by atoms with Gasteiger partial charge < -0.3 is 24.8 Å². The van der Waals surface area contributed by atoms with Crippen LogP contribution in [0.5, 0.6) is 0 Å². The zero-order valence-corrected chi connectivity index (χ0v) is 49.7. The summed E-state index contributed by atoms with van der Waals surface area (Å²) in [5.41, 5.74) is 19.3. The maximum absolute atomic E-state index is 2.49. The summed E-state index contributed by atoms with van der Waals surface area (Å²) in [5, 5.41) is 0. The van der Waals surface area contributed by atoms with Crippen LogP contribution in [-0.2, 0) is 77.4 Å². The van der Waals surface area contributed by atoms with Gasteiger partial charge in [-0.25, -0.2) is 0 Å². The summed E-state index contributed by atoms with van der Waals surface area (Å²) in [6, 6.07) is 24.3. The van der Waals surface area contributed by atoms with Crippen molar-refractivity contribution in [3.63, 3.8) is 0 Å². The maximum Gasteiger partial charge on any atom is -1.00 e. The van der Waals surface area contributed by atoms with E-state index in [-0.39, 0.29) is 46.5 Å². The van der Waals surface area contributed by atoms with Crippen molar-refractivity contribution in [3.05, 3.63) is 148 Å². The first-order valence-corrected chi connectivity index (χ1v) is 34.4. The number of rotatable bonds is 6. The van der Waals surface area contributed by atoms with Crippen LogP contribution in [0, 0.1) is 0 Å². The van der Waals surface area contributed by atoms with Crippen LogP contribution in [0.15, 0.2) is 104 Å². The molecule has 4 aliphatic rings. The molecule has 0 spiro atoms. The molecule has 0 radical (unpaired) electrons. The zero-order chi connectivity index (χ0) is 43.7. The van der Waals surface area contributed by atoms with Gasteiger partial charge in [0.15, 0.2) is 0 Å². The van der Waals surface area contributed by atoms with Crippen LogP contribution < -0.4 is 31.5 Å². The molecule has 4 aliphatic carbocycles. The molecule has 4 heteroatoms. The van der Waals surface area contributed by atoms with E-state index in [0.717, 1.165) is 20.2 Å². The first kappa shape index (κ1) is 51.1. The van der Waals surface area contributed by atoms with E-state index in [9.17, 15) is 0 Å². The van der Waals surface area contributed by atoms with Crippen molar-refractivity contribution in [1.82, 2.24) is 0 Å². The van der Waals surface area contributed by atoms with Gasteiger partial charge in [0.1, 0.15) is 0 Å². The summed E-state index contributed by atoms with van der Waals surface area (Å²) in [4.78, 5) is 0. The van der Waals surface area contributed by atoms with Crippen molar-refractivity contribution in [2.24, 2.45) is 0 Å². The van der Waals surface area contributed by atoms with E-state index < -0.39 is 42.9 Å². The van der Waals surface area contributed by atoms with E-state index in [1.54, 1.807) is 28.9 Å². The molecule has 0 N–H and O–H groups in total. The van der Waals surface area contributed by atoms with Crippen molar-refractivity contribution in [3.8, 4) is 22.3 Å². The van der Waals surface area contributed by atoms with Gasteiger partial charge in [0, 0.05) is 0 Å². The first-order chi connectivity index (χ1) is 28.0. The predicted molar refractivity (Wildman–Crippen MR) is 257 cm³/mol. The molecule has 328 valence electrons. The SMILES string of the molecule is C[CH](C)[Hf+]([C]1=CC=CC1)[c]1c(C(C)(C)C)ccc2c1Cc1cc(C(C)(C)C)ccc1-2.C[CH](C)[Hf+]([C]1=CC=CC1)[c]1c(C(C)(C)C)ccc2c1Cc1cc(C(C)(C)C)ccc1-2.[Cl-].[Cl-]. The average Bonchev–Trinajstić information content (AvgIpc) is 3.97. The number of benzene rings is 4. The van der Waals surface area contributed by atoms with E-state index in [4.69, 9.17) is 0 Å². The van der Waals surface area contributed by atoms with Crippen LogP contribution in [0.4, 0.5) is 0 Å². The van der Waals surface area contributed by atoms with Crippen molar-refractivity contribution in [2.45, 2.75) is 165 Å². The Bertz CT molecular complexity index is 2250. The minimum Gasteiger partial charge on any atom is -1.00 e. The number of allylic oxidation sites excluding steroid dienone is 8. The molecule has 0 fully saturated rings. The van der Waals surface area contributed by atoms with Gasteiger partial charge in [-0.05, 0) is 0 Å². The number of hydrogen-bond donors (Lipinski definition) is 0. The van der Waals surface area contributed by atoms with Gasteiger partial charge in [-0.3, -0.25) is 0 Å². The topological polar surface area (TPSA) is 0 Å². The summed E-state index contributed by atoms with van der Waals surface area (Å²) >= 11 is -4.45. The van der Waals surface area contributed by atoms with Crippen LogP contribution in [0.25, 0.3) is 22.3 Å². The summed E-state index contributed by atoms with van der Waals surface area (Å²) in [6.07, 6.45) is 18.9. The molecule has 0 unspecified atom stereocenters. The van der Waals surface area contributed by atoms with Crippen molar-refractivity contribution >= 4 is 6.64 Å². The molecule has 0 nitrogen and oxygen atoms in total. The van der Waals surface area contributed by atoms with Crippen LogP contribution in [0.3, 0.4) is 0 Å². The molecular weight excluding hydrogens is 1120 g/mol. The molecule has 0 heterocycles. The second kappa shape index (κ2) is 19.2. The van der Waals surface area contributed by atoms with Gasteiger partial charge in [-0.2, -0.15) is 0 Å². The molecule has 0 amide bonds. The fourth-order valence-corrected chi connectivity index (χ4v) is 35.8. The van der Waals surface area contributed by atoms with Gasteiger partial charge in [0.25, 0.3) is 0 Å². The van der Waals surface area contributed by atoms with E-state index in [1.165, 1.54) is 57.3 Å². The summed E-state index contributed by atoms with van der Waals surface area (Å²) in [5.74, 6) is 0. The van der Waals surface area contributed by atoms with Gasteiger partial charge in [0.2, 0.25) is 0 Å². The Labute approximate surface area is 406 Å². The second-order valence-electron chi connectivity index (χ2n) is 22.9. The summed E-state index contributed by atoms with van der Waals surface area (Å²) < 4.78 is 8.82. The van der Waals surface area contributed by atoms with Gasteiger partial charge >= 0.3 is 386 Å². The molecule has 0 aromatic heterocycles. The standard InChI is InChI=1S/2C21H25.2C5H5.2C3H7.2ClH.2Hf/c2*1-20(2,3)16-7-9-18-14(12-16)11-15-13-17(21(4,5)6)8-10-19(15)18;2*1-2-4-5-3-1;2*1-3-2;;;;/h2*7-10,12H,11H2,1-6H3;2*1-3H,4H2;2*3H,1-2H3;2*1H;;/q;;;;;;;;2*+1/p-2. The van der Waals surface area contributed by atoms with E-state index in [2.05, 4.69) is 208 Å². The van der Waals surface area contributed by atoms with Gasteiger partial charge in [-0.15, -0.1) is 0 Å². The summed E-state index contributed by atoms with van der Waals surface area (Å²) in [7, 11) is 0. The molecule has 4 aromatic carbocycles. The van der Waals surface area contributed by atoms with Crippen LogP contribution in [0.2, 0.25) is 7.35 Å². The third-order valence-electron chi connectivity index (χ3n) is 13.4. The Morgan fingerprint density at radius 2 is 0.774 bits per heavy atom. The minimum absolute atomic E-state index is 0. The average molecular weight is 1200 g/mol. The number of fused-ring (bicyclic) bond motifs is 6. The Morgan fingerprint density at radius 3 is 1.05 bits per heavy atom. The quantitative estimate of drug-likeness (QED) is 0.146. The Balaban J connectivity index is 0.000000227. The molecule has 0 aliphatic heterocycles. The predicted octanol–water partition coefficient (Wildman–Crippen LogP) is 9.54. The molecule has 4 aromatic rings. The van der Waals surface area contributed by atoms with Crippen molar-refractivity contribution < 1.29 is 67.7 Å². The smallest absolute Gasteiger partial charge is 1.00 e. The summed E-state index contributed by atoms with van der Waals surface area (Å²) in [6.45, 7) is 38.4. The first-order valence-electron chi connectivity index (χ1n) is 23.0. The molecule has 8 rings (SSSR count). The van der Waals surface area contributed by atoms with E-state index >= 15 is 0 Å². The maximum atomic E-state index is 2.49. The zero-order valence-electron chi connectivity index (χ0n) is 41.0. The van der Waals surface area contributed by atoms with E-state index in [1.807, 2.05) is 6.64 Å². The van der Waals surface area contributed by atoms with Gasteiger partial charge in [0.05, 0.1) is 0 Å². The number of halogens is 2. The fraction of sp³-hybridized carbons (Fsp3) is 0.448. The molecule has 62 heavy (non-hydrogen) atoms. The third kappa shape index (κ3) is 10.2.